The number of hydrogen-bond donors (Lipinski definition) is 1. The van der Waals surface area contributed by atoms with Crippen LogP contribution in [0.5, 0.6) is 0 Å². The molecule has 0 atom stereocenters. The molecule has 0 radical (unpaired) electrons. The SMILES string of the molecule is C=C.O=CNc1ccccc1.[HH]. The smallest absolute Gasteiger partial charge is 0.211 e. The second-order valence-corrected chi connectivity index (χ2v) is 1.63. The summed E-state index contributed by atoms with van der Waals surface area (Å²) in [6.07, 6.45) is 0.662. The second kappa shape index (κ2) is 6.55. The van der Waals surface area contributed by atoms with Crippen LogP contribution in [0, 0.1) is 0 Å². The molecule has 0 aromatic heterocycles. The third-order valence-electron chi connectivity index (χ3n) is 0.999. The predicted octanol–water partition coefficient (Wildman–Crippen LogP) is 2.30. The lowest BCUT2D eigenvalue weighted by atomic mass is 10.3. The van der Waals surface area contributed by atoms with Gasteiger partial charge >= 0.3 is 0 Å². The Morgan fingerprint density at radius 3 is 2.27 bits per heavy atom. The fraction of sp³-hybridized carbons (Fsp3) is 0. The maximum Gasteiger partial charge on any atom is 0.211 e. The number of rotatable bonds is 2. The molecular weight excluding hydrogens is 138 g/mol. The zero-order valence-electron chi connectivity index (χ0n) is 6.29. The van der Waals surface area contributed by atoms with Crippen LogP contribution in [0.15, 0.2) is 43.5 Å². The Labute approximate surface area is 68.0 Å². The number of para-hydroxylation sites is 1. The highest BCUT2D eigenvalue weighted by Crippen LogP contribution is 2.01. The van der Waals surface area contributed by atoms with E-state index in [-0.39, 0.29) is 1.43 Å². The van der Waals surface area contributed by atoms with Crippen LogP contribution in [0.2, 0.25) is 0 Å². The minimum atomic E-state index is 0. The lowest BCUT2D eigenvalue weighted by Gasteiger charge is -1.93. The fourth-order valence-electron chi connectivity index (χ4n) is 0.602. The van der Waals surface area contributed by atoms with Crippen molar-refractivity contribution in [3.8, 4) is 0 Å². The monoisotopic (exact) mass is 151 g/mol. The second-order valence-electron chi connectivity index (χ2n) is 1.63. The van der Waals surface area contributed by atoms with Crippen molar-refractivity contribution < 1.29 is 6.22 Å². The van der Waals surface area contributed by atoms with E-state index in [9.17, 15) is 4.79 Å². The molecule has 0 spiro atoms. The van der Waals surface area contributed by atoms with Gasteiger partial charge in [-0.15, -0.1) is 13.2 Å². The third-order valence-corrected chi connectivity index (χ3v) is 0.999. The van der Waals surface area contributed by atoms with Crippen molar-refractivity contribution in [2.45, 2.75) is 0 Å². The van der Waals surface area contributed by atoms with E-state index in [1.165, 1.54) is 0 Å². The molecule has 1 aromatic carbocycles. The van der Waals surface area contributed by atoms with Crippen LogP contribution in [-0.2, 0) is 4.79 Å². The molecule has 0 aliphatic rings. The summed E-state index contributed by atoms with van der Waals surface area (Å²) in [5.74, 6) is 0. The Balaban J connectivity index is 0. The summed E-state index contributed by atoms with van der Waals surface area (Å²) in [7, 11) is 0. The third kappa shape index (κ3) is 3.92. The molecule has 0 aliphatic carbocycles. The summed E-state index contributed by atoms with van der Waals surface area (Å²) in [5, 5.41) is 2.53. The van der Waals surface area contributed by atoms with E-state index in [0.717, 1.165) is 5.69 Å². The van der Waals surface area contributed by atoms with Crippen LogP contribution in [-0.4, -0.2) is 6.41 Å². The molecule has 11 heavy (non-hydrogen) atoms. The number of carbonyl (C=O) groups is 1. The van der Waals surface area contributed by atoms with Crippen molar-refractivity contribution in [3.05, 3.63) is 43.5 Å². The molecule has 0 saturated carbocycles. The van der Waals surface area contributed by atoms with Gasteiger partial charge in [-0.3, -0.25) is 4.79 Å². The van der Waals surface area contributed by atoms with Gasteiger partial charge in [0.05, 0.1) is 0 Å². The maximum absolute atomic E-state index is 9.86. The van der Waals surface area contributed by atoms with Crippen molar-refractivity contribution in [3.63, 3.8) is 0 Å². The van der Waals surface area contributed by atoms with Gasteiger partial charge in [0.2, 0.25) is 6.41 Å². The van der Waals surface area contributed by atoms with E-state index in [4.69, 9.17) is 0 Å². The number of hydrogen-bond acceptors (Lipinski definition) is 1. The highest BCUT2D eigenvalue weighted by atomic mass is 16.1. The van der Waals surface area contributed by atoms with Gasteiger partial charge in [-0.1, -0.05) is 18.2 Å². The normalized spacial score (nSPS) is 7.27. The van der Waals surface area contributed by atoms with Gasteiger partial charge in [0, 0.05) is 7.11 Å². The first kappa shape index (κ1) is 9.43. The number of nitrogens with one attached hydrogen (secondary N) is 1. The minimum Gasteiger partial charge on any atom is -0.329 e. The minimum absolute atomic E-state index is 0. The van der Waals surface area contributed by atoms with Gasteiger partial charge < -0.3 is 5.32 Å². The first-order valence-electron chi connectivity index (χ1n) is 3.19. The van der Waals surface area contributed by atoms with Crippen molar-refractivity contribution in [1.82, 2.24) is 0 Å². The molecule has 1 N–H and O–H groups in total. The molecular formula is C9H13NO. The topological polar surface area (TPSA) is 29.1 Å². The molecule has 0 unspecified atom stereocenters. The van der Waals surface area contributed by atoms with Crippen molar-refractivity contribution in [1.29, 1.82) is 0 Å². The Bertz CT molecular complexity index is 201. The Kier molecular flexibility index (Phi) is 5.61. The van der Waals surface area contributed by atoms with E-state index < -0.39 is 0 Å². The zero-order chi connectivity index (χ0) is 8.53. The average Bonchev–Trinajstić information content (AvgIpc) is 2.11. The molecule has 0 heterocycles. The molecule has 0 bridgehead atoms. The van der Waals surface area contributed by atoms with E-state index in [1.807, 2.05) is 30.3 Å². The van der Waals surface area contributed by atoms with Gasteiger partial charge in [-0.05, 0) is 12.1 Å². The van der Waals surface area contributed by atoms with E-state index >= 15 is 0 Å². The fourth-order valence-corrected chi connectivity index (χ4v) is 0.602. The van der Waals surface area contributed by atoms with E-state index in [1.54, 1.807) is 0 Å². The zero-order valence-corrected chi connectivity index (χ0v) is 6.29. The quantitative estimate of drug-likeness (QED) is 0.510. The Hall–Kier alpha value is -1.57. The van der Waals surface area contributed by atoms with Crippen LogP contribution in [0.3, 0.4) is 0 Å². The first-order chi connectivity index (χ1) is 5.43. The number of anilines is 1. The molecule has 0 aliphatic heterocycles. The van der Waals surface area contributed by atoms with E-state index in [2.05, 4.69) is 18.5 Å². The molecule has 2 heteroatoms. The lowest BCUT2D eigenvalue weighted by molar-refractivity contribution is -0.105. The van der Waals surface area contributed by atoms with E-state index in [0.29, 0.717) is 6.41 Å². The first-order valence-corrected chi connectivity index (χ1v) is 3.19. The van der Waals surface area contributed by atoms with Crippen molar-refractivity contribution >= 4 is 12.1 Å². The summed E-state index contributed by atoms with van der Waals surface area (Å²) in [6, 6.07) is 9.29. The van der Waals surface area contributed by atoms with Gasteiger partial charge in [0.1, 0.15) is 0 Å². The predicted molar refractivity (Wildman–Crippen MR) is 49.5 cm³/mol. The van der Waals surface area contributed by atoms with Crippen LogP contribution < -0.4 is 5.32 Å². The van der Waals surface area contributed by atoms with Crippen LogP contribution in [0.25, 0.3) is 0 Å². The van der Waals surface area contributed by atoms with Gasteiger partial charge in [-0.2, -0.15) is 0 Å². The number of benzene rings is 1. The lowest BCUT2D eigenvalue weighted by Crippen LogP contribution is -1.91. The van der Waals surface area contributed by atoms with Gasteiger partial charge in [0.25, 0.3) is 0 Å². The summed E-state index contributed by atoms with van der Waals surface area (Å²) in [4.78, 5) is 9.86. The average molecular weight is 151 g/mol. The standard InChI is InChI=1S/C7H7NO.C2H4.H2/c9-6-8-7-4-2-1-3-5-7;1-2;/h1-6H,(H,8,9);1-2H2;1H. The number of amides is 1. The molecule has 60 valence electrons. The van der Waals surface area contributed by atoms with Crippen LogP contribution in [0.1, 0.15) is 1.43 Å². The van der Waals surface area contributed by atoms with Crippen molar-refractivity contribution in [2.24, 2.45) is 0 Å². The Morgan fingerprint density at radius 1 is 1.27 bits per heavy atom. The molecule has 0 fully saturated rings. The van der Waals surface area contributed by atoms with Crippen LogP contribution in [0.4, 0.5) is 5.69 Å². The Morgan fingerprint density at radius 2 is 1.82 bits per heavy atom. The van der Waals surface area contributed by atoms with Gasteiger partial charge in [0.15, 0.2) is 0 Å². The summed E-state index contributed by atoms with van der Waals surface area (Å²) in [6.45, 7) is 6.00. The van der Waals surface area contributed by atoms with Crippen LogP contribution >= 0.6 is 0 Å². The van der Waals surface area contributed by atoms with Crippen molar-refractivity contribution in [2.75, 3.05) is 5.32 Å². The molecule has 1 amide bonds. The highest BCUT2D eigenvalue weighted by Gasteiger charge is 1.81. The maximum atomic E-state index is 9.86. The summed E-state index contributed by atoms with van der Waals surface area (Å²) in [5.41, 5.74) is 0.826. The largest absolute Gasteiger partial charge is 0.329 e. The summed E-state index contributed by atoms with van der Waals surface area (Å²) >= 11 is 0. The molecule has 1 rings (SSSR count). The molecule has 0 saturated heterocycles. The summed E-state index contributed by atoms with van der Waals surface area (Å²) < 4.78 is 0. The highest BCUT2D eigenvalue weighted by molar-refractivity contribution is 5.70. The van der Waals surface area contributed by atoms with Gasteiger partial charge in [-0.25, -0.2) is 0 Å². The number of carbonyl (C=O) groups excluding carboxylic acids is 1. The molecule has 1 aromatic rings. The molecule has 2 nitrogen and oxygen atoms in total.